The maximum absolute atomic E-state index is 4.38. The van der Waals surface area contributed by atoms with E-state index in [1.807, 2.05) is 24.9 Å². The van der Waals surface area contributed by atoms with Crippen molar-refractivity contribution in [2.75, 3.05) is 5.75 Å². The second kappa shape index (κ2) is 2.81. The van der Waals surface area contributed by atoms with Crippen molar-refractivity contribution in [2.45, 2.75) is 24.7 Å². The lowest BCUT2D eigenvalue weighted by Crippen LogP contribution is -2.03. The molecular formula is C8H10N2S. The molecule has 0 saturated carbocycles. The van der Waals surface area contributed by atoms with Gasteiger partial charge in [-0.15, -0.1) is 11.8 Å². The van der Waals surface area contributed by atoms with Crippen LogP contribution in [0.1, 0.15) is 17.9 Å². The molecule has 0 saturated heterocycles. The van der Waals surface area contributed by atoms with Crippen molar-refractivity contribution in [1.82, 2.24) is 9.97 Å². The van der Waals surface area contributed by atoms with E-state index in [0.717, 1.165) is 12.2 Å². The summed E-state index contributed by atoms with van der Waals surface area (Å²) in [5, 5.41) is 0. The van der Waals surface area contributed by atoms with Crippen LogP contribution in [0.4, 0.5) is 0 Å². The molecule has 1 aromatic rings. The molecule has 1 aliphatic rings. The second-order valence-electron chi connectivity index (χ2n) is 2.68. The van der Waals surface area contributed by atoms with Crippen molar-refractivity contribution in [3.05, 3.63) is 17.7 Å². The van der Waals surface area contributed by atoms with Crippen LogP contribution in [0, 0.1) is 6.92 Å². The fourth-order valence-electron chi connectivity index (χ4n) is 1.23. The molecule has 2 nitrogen and oxygen atoms in total. The van der Waals surface area contributed by atoms with Crippen LogP contribution in [0.3, 0.4) is 0 Å². The minimum Gasteiger partial charge on any atom is -0.241 e. The molecule has 11 heavy (non-hydrogen) atoms. The van der Waals surface area contributed by atoms with Crippen LogP contribution in [-0.4, -0.2) is 15.7 Å². The van der Waals surface area contributed by atoms with Gasteiger partial charge in [0.05, 0.1) is 5.69 Å². The third-order valence-corrected chi connectivity index (χ3v) is 2.91. The standard InChI is InChI=1S/C8H10N2S/c1-6-9-5-8-7(10-6)3-2-4-11-8/h5H,2-4H2,1H3. The van der Waals surface area contributed by atoms with Gasteiger partial charge in [0.2, 0.25) is 0 Å². The molecule has 1 aliphatic heterocycles. The lowest BCUT2D eigenvalue weighted by atomic mass is 10.2. The Morgan fingerprint density at radius 1 is 1.55 bits per heavy atom. The van der Waals surface area contributed by atoms with E-state index in [-0.39, 0.29) is 0 Å². The van der Waals surface area contributed by atoms with Crippen LogP contribution < -0.4 is 0 Å². The van der Waals surface area contributed by atoms with Crippen LogP contribution in [0.2, 0.25) is 0 Å². The smallest absolute Gasteiger partial charge is 0.125 e. The summed E-state index contributed by atoms with van der Waals surface area (Å²) in [4.78, 5) is 9.82. The quantitative estimate of drug-likeness (QED) is 0.588. The molecule has 58 valence electrons. The van der Waals surface area contributed by atoms with Crippen molar-refractivity contribution >= 4 is 11.8 Å². The van der Waals surface area contributed by atoms with Crippen LogP contribution in [0.15, 0.2) is 11.1 Å². The first-order chi connectivity index (χ1) is 5.36. The Labute approximate surface area is 70.4 Å². The third kappa shape index (κ3) is 1.38. The van der Waals surface area contributed by atoms with E-state index in [1.165, 1.54) is 22.8 Å². The van der Waals surface area contributed by atoms with Gasteiger partial charge in [-0.05, 0) is 25.5 Å². The van der Waals surface area contributed by atoms with E-state index < -0.39 is 0 Å². The molecule has 0 spiro atoms. The molecule has 0 aromatic carbocycles. The Bertz CT molecular complexity index is 273. The highest BCUT2D eigenvalue weighted by atomic mass is 32.2. The number of aromatic nitrogens is 2. The molecule has 0 radical (unpaired) electrons. The van der Waals surface area contributed by atoms with E-state index in [1.54, 1.807) is 0 Å². The molecule has 0 N–H and O–H groups in total. The van der Waals surface area contributed by atoms with E-state index in [0.29, 0.717) is 0 Å². The van der Waals surface area contributed by atoms with Gasteiger partial charge in [-0.1, -0.05) is 0 Å². The summed E-state index contributed by atoms with van der Waals surface area (Å²) >= 11 is 1.87. The van der Waals surface area contributed by atoms with Gasteiger partial charge < -0.3 is 0 Å². The topological polar surface area (TPSA) is 25.8 Å². The number of nitrogens with zero attached hydrogens (tertiary/aromatic N) is 2. The second-order valence-corrected chi connectivity index (χ2v) is 3.82. The third-order valence-electron chi connectivity index (χ3n) is 1.77. The maximum atomic E-state index is 4.38. The first-order valence-electron chi connectivity index (χ1n) is 3.81. The largest absolute Gasteiger partial charge is 0.241 e. The van der Waals surface area contributed by atoms with Crippen molar-refractivity contribution in [2.24, 2.45) is 0 Å². The molecule has 2 heterocycles. The minimum atomic E-state index is 0.895. The summed E-state index contributed by atoms with van der Waals surface area (Å²) in [6.45, 7) is 1.94. The van der Waals surface area contributed by atoms with E-state index >= 15 is 0 Å². The zero-order valence-electron chi connectivity index (χ0n) is 6.50. The summed E-state index contributed by atoms with van der Waals surface area (Å²) < 4.78 is 0. The lowest BCUT2D eigenvalue weighted by molar-refractivity contribution is 0.811. The number of rotatable bonds is 0. The van der Waals surface area contributed by atoms with Gasteiger partial charge in [-0.3, -0.25) is 0 Å². The average molecular weight is 166 g/mol. The Morgan fingerprint density at radius 2 is 2.45 bits per heavy atom. The number of aryl methyl sites for hydroxylation is 2. The first kappa shape index (κ1) is 7.10. The molecule has 0 amide bonds. The molecule has 1 aromatic heterocycles. The number of hydrogen-bond donors (Lipinski definition) is 0. The Morgan fingerprint density at radius 3 is 3.36 bits per heavy atom. The SMILES string of the molecule is Cc1ncc2c(n1)CCCS2. The van der Waals surface area contributed by atoms with Gasteiger partial charge >= 0.3 is 0 Å². The first-order valence-corrected chi connectivity index (χ1v) is 4.80. The van der Waals surface area contributed by atoms with Crippen molar-refractivity contribution in [3.63, 3.8) is 0 Å². The van der Waals surface area contributed by atoms with E-state index in [2.05, 4.69) is 9.97 Å². The molecule has 0 atom stereocenters. The van der Waals surface area contributed by atoms with Crippen molar-refractivity contribution < 1.29 is 0 Å². The monoisotopic (exact) mass is 166 g/mol. The molecular weight excluding hydrogens is 156 g/mol. The van der Waals surface area contributed by atoms with Gasteiger partial charge in [0.25, 0.3) is 0 Å². The zero-order valence-corrected chi connectivity index (χ0v) is 7.32. The van der Waals surface area contributed by atoms with Crippen LogP contribution in [0.25, 0.3) is 0 Å². The van der Waals surface area contributed by atoms with Gasteiger partial charge in [-0.2, -0.15) is 0 Å². The average Bonchev–Trinajstić information content (AvgIpc) is 2.04. The fourth-order valence-corrected chi connectivity index (χ4v) is 2.18. The Balaban J connectivity index is 2.43. The Hall–Kier alpha value is -0.570. The predicted molar refractivity (Wildman–Crippen MR) is 45.8 cm³/mol. The number of thioether (sulfide) groups is 1. The number of hydrogen-bond acceptors (Lipinski definition) is 3. The van der Waals surface area contributed by atoms with E-state index in [4.69, 9.17) is 0 Å². The highest BCUT2D eigenvalue weighted by Crippen LogP contribution is 2.27. The molecule has 0 bridgehead atoms. The summed E-state index contributed by atoms with van der Waals surface area (Å²) in [6, 6.07) is 0. The summed E-state index contributed by atoms with van der Waals surface area (Å²) in [7, 11) is 0. The normalized spacial score (nSPS) is 16.1. The summed E-state index contributed by atoms with van der Waals surface area (Å²) in [5.41, 5.74) is 1.24. The van der Waals surface area contributed by atoms with Crippen molar-refractivity contribution in [1.29, 1.82) is 0 Å². The molecule has 0 aliphatic carbocycles. The van der Waals surface area contributed by atoms with Gasteiger partial charge in [-0.25, -0.2) is 9.97 Å². The minimum absolute atomic E-state index is 0.895. The summed E-state index contributed by atoms with van der Waals surface area (Å²) in [6.07, 6.45) is 4.33. The summed E-state index contributed by atoms with van der Waals surface area (Å²) in [5.74, 6) is 2.12. The maximum Gasteiger partial charge on any atom is 0.125 e. The highest BCUT2D eigenvalue weighted by molar-refractivity contribution is 7.99. The van der Waals surface area contributed by atoms with Crippen LogP contribution in [-0.2, 0) is 6.42 Å². The van der Waals surface area contributed by atoms with Crippen LogP contribution in [0.5, 0.6) is 0 Å². The highest BCUT2D eigenvalue weighted by Gasteiger charge is 2.10. The predicted octanol–water partition coefficient (Wildman–Crippen LogP) is 1.82. The molecule has 0 fully saturated rings. The Kier molecular flexibility index (Phi) is 1.82. The fraction of sp³-hybridized carbons (Fsp3) is 0.500. The molecule has 2 rings (SSSR count). The molecule has 3 heteroatoms. The van der Waals surface area contributed by atoms with Gasteiger partial charge in [0.15, 0.2) is 0 Å². The number of fused-ring (bicyclic) bond motifs is 1. The van der Waals surface area contributed by atoms with Gasteiger partial charge in [0, 0.05) is 11.1 Å². The van der Waals surface area contributed by atoms with E-state index in [9.17, 15) is 0 Å². The molecule has 0 unspecified atom stereocenters. The van der Waals surface area contributed by atoms with Gasteiger partial charge in [0.1, 0.15) is 5.82 Å². The zero-order chi connectivity index (χ0) is 7.68. The van der Waals surface area contributed by atoms with Crippen molar-refractivity contribution in [3.8, 4) is 0 Å². The van der Waals surface area contributed by atoms with Crippen LogP contribution >= 0.6 is 11.8 Å². The lowest BCUT2D eigenvalue weighted by Gasteiger charge is -2.12.